The molecule has 3 aliphatic rings. The van der Waals surface area contributed by atoms with Gasteiger partial charge in [-0.2, -0.15) is 0 Å². The molecule has 0 spiro atoms. The van der Waals surface area contributed by atoms with Crippen LogP contribution in [0.1, 0.15) is 28.8 Å². The number of primary amides is 1. The number of nitrogens with zero attached hydrogens (tertiary/aromatic N) is 2. The topological polar surface area (TPSA) is 188 Å². The molecule has 2 aromatic rings. The maximum absolute atomic E-state index is 14.0. The average molecular weight is 522 g/mol. The van der Waals surface area contributed by atoms with Gasteiger partial charge >= 0.3 is 0 Å². The second-order valence-electron chi connectivity index (χ2n) is 10.5. The standard InChI is InChI=1S/C27H27N3O8/c1-10-11-7-8-12(13-6-4-5-9-29-13)20(31)15(11)21(32)16-14(10)22(33)18-19(30(2)3)23(34)17(26(28)37)25(36)27(18,38)24(16)35/h4-10,14,16-19,22,31,33,38H,1-3H3,(H2,28,37)/t10-,14+,16?,17?,18+,19-,22-,27-/m0/s1. The summed E-state index contributed by atoms with van der Waals surface area (Å²) >= 11 is 0. The number of aliphatic hydroxyl groups excluding tert-OH is 1. The smallest absolute Gasteiger partial charge is 0.235 e. The molecule has 1 heterocycles. The Labute approximate surface area is 217 Å². The Kier molecular flexibility index (Phi) is 5.86. The molecule has 11 heteroatoms. The Hall–Kier alpha value is -3.80. The zero-order chi connectivity index (χ0) is 27.8. The summed E-state index contributed by atoms with van der Waals surface area (Å²) in [6.07, 6.45) is -0.154. The largest absolute Gasteiger partial charge is 0.506 e. The van der Waals surface area contributed by atoms with E-state index in [4.69, 9.17) is 5.73 Å². The molecule has 2 unspecified atom stereocenters. The zero-order valence-corrected chi connectivity index (χ0v) is 20.9. The average Bonchev–Trinajstić information content (AvgIpc) is 2.86. The van der Waals surface area contributed by atoms with Crippen molar-refractivity contribution in [2.45, 2.75) is 30.6 Å². The van der Waals surface area contributed by atoms with Gasteiger partial charge in [0.15, 0.2) is 34.7 Å². The third-order valence-electron chi connectivity index (χ3n) is 8.43. The quantitative estimate of drug-likeness (QED) is 0.382. The number of hydrogen-bond donors (Lipinski definition) is 4. The molecule has 0 saturated heterocycles. The lowest BCUT2D eigenvalue weighted by atomic mass is 9.49. The number of rotatable bonds is 3. The number of fused-ring (bicyclic) bond motifs is 3. The number of phenols is 1. The van der Waals surface area contributed by atoms with Crippen LogP contribution in [-0.4, -0.2) is 86.1 Å². The number of carbonyl (C=O) groups is 5. The summed E-state index contributed by atoms with van der Waals surface area (Å²) < 4.78 is 0. The van der Waals surface area contributed by atoms with Gasteiger partial charge in [0.05, 0.1) is 35.2 Å². The number of benzene rings is 1. The number of Topliss-reactive ketones (excluding diaryl/α,β-unsaturated/α-hetero) is 4. The van der Waals surface area contributed by atoms with Gasteiger partial charge in [0.25, 0.3) is 0 Å². The van der Waals surface area contributed by atoms with Crippen LogP contribution in [0.3, 0.4) is 0 Å². The molecule has 1 aromatic carbocycles. The molecule has 2 fully saturated rings. The van der Waals surface area contributed by atoms with Crippen LogP contribution in [-0.2, 0) is 19.2 Å². The van der Waals surface area contributed by atoms with Gasteiger partial charge in [0.1, 0.15) is 5.75 Å². The lowest BCUT2D eigenvalue weighted by Crippen LogP contribution is -2.77. The number of amides is 1. The number of aliphatic hydroxyl groups is 2. The molecule has 8 atom stereocenters. The number of likely N-dealkylation sites (N-methyl/N-ethyl adjacent to an activating group) is 1. The van der Waals surface area contributed by atoms with Crippen molar-refractivity contribution in [3.8, 4) is 17.0 Å². The second-order valence-corrected chi connectivity index (χ2v) is 10.5. The molecule has 3 aliphatic carbocycles. The third kappa shape index (κ3) is 3.19. The molecule has 38 heavy (non-hydrogen) atoms. The number of nitrogens with two attached hydrogens (primary N) is 1. The fraction of sp³-hybridized carbons (Fsp3) is 0.407. The minimum absolute atomic E-state index is 0.167. The Morgan fingerprint density at radius 2 is 1.76 bits per heavy atom. The highest BCUT2D eigenvalue weighted by atomic mass is 16.3. The number of hydrogen-bond acceptors (Lipinski definition) is 10. The van der Waals surface area contributed by atoms with Crippen molar-refractivity contribution >= 4 is 29.0 Å². The van der Waals surface area contributed by atoms with E-state index in [-0.39, 0.29) is 11.1 Å². The summed E-state index contributed by atoms with van der Waals surface area (Å²) in [6, 6.07) is 6.81. The van der Waals surface area contributed by atoms with E-state index in [1.807, 2.05) is 0 Å². The summed E-state index contributed by atoms with van der Waals surface area (Å²) in [5, 5.41) is 34.4. The fourth-order valence-electron chi connectivity index (χ4n) is 6.72. The Morgan fingerprint density at radius 3 is 2.34 bits per heavy atom. The van der Waals surface area contributed by atoms with Crippen LogP contribution >= 0.6 is 0 Å². The highest BCUT2D eigenvalue weighted by Crippen LogP contribution is 2.55. The van der Waals surface area contributed by atoms with E-state index >= 15 is 0 Å². The predicted molar refractivity (Wildman–Crippen MR) is 131 cm³/mol. The molecule has 2 saturated carbocycles. The van der Waals surface area contributed by atoms with Crippen molar-refractivity contribution in [2.24, 2.45) is 29.4 Å². The molecule has 0 aliphatic heterocycles. The van der Waals surface area contributed by atoms with Gasteiger partial charge in [0.2, 0.25) is 5.91 Å². The van der Waals surface area contributed by atoms with Gasteiger partial charge < -0.3 is 21.1 Å². The van der Waals surface area contributed by atoms with Gasteiger partial charge in [-0.25, -0.2) is 0 Å². The van der Waals surface area contributed by atoms with Gasteiger partial charge in [-0.15, -0.1) is 0 Å². The molecule has 5 rings (SSSR count). The molecule has 0 bridgehead atoms. The molecule has 1 aromatic heterocycles. The van der Waals surface area contributed by atoms with E-state index < -0.39 is 82.1 Å². The van der Waals surface area contributed by atoms with Crippen LogP contribution in [0.2, 0.25) is 0 Å². The van der Waals surface area contributed by atoms with Gasteiger partial charge in [0, 0.05) is 17.7 Å². The highest BCUT2D eigenvalue weighted by Gasteiger charge is 2.72. The number of aromatic hydroxyl groups is 1. The number of pyridine rings is 1. The van der Waals surface area contributed by atoms with Crippen molar-refractivity contribution in [1.82, 2.24) is 9.88 Å². The van der Waals surface area contributed by atoms with E-state index in [1.165, 1.54) is 25.2 Å². The first kappa shape index (κ1) is 25.8. The minimum atomic E-state index is -3.02. The molecule has 0 radical (unpaired) electrons. The molecule has 11 nitrogen and oxygen atoms in total. The Balaban J connectivity index is 1.71. The molecular formula is C27H27N3O8. The van der Waals surface area contributed by atoms with Gasteiger partial charge in [-0.3, -0.25) is 33.9 Å². The maximum Gasteiger partial charge on any atom is 0.235 e. The number of phenolic OH excluding ortho intramolecular Hbond substituents is 1. The first-order chi connectivity index (χ1) is 17.8. The van der Waals surface area contributed by atoms with E-state index in [1.54, 1.807) is 37.3 Å². The molecule has 1 amide bonds. The van der Waals surface area contributed by atoms with E-state index in [9.17, 15) is 39.3 Å². The van der Waals surface area contributed by atoms with Crippen molar-refractivity contribution in [1.29, 1.82) is 0 Å². The monoisotopic (exact) mass is 521 g/mol. The maximum atomic E-state index is 14.0. The summed E-state index contributed by atoms with van der Waals surface area (Å²) in [7, 11) is 2.89. The van der Waals surface area contributed by atoms with E-state index in [2.05, 4.69) is 4.98 Å². The number of aromatic nitrogens is 1. The molecule has 5 N–H and O–H groups in total. The van der Waals surface area contributed by atoms with Crippen LogP contribution in [0.4, 0.5) is 0 Å². The van der Waals surface area contributed by atoms with Gasteiger partial charge in [-0.05, 0) is 43.8 Å². The lowest BCUT2D eigenvalue weighted by Gasteiger charge is -2.56. The third-order valence-corrected chi connectivity index (χ3v) is 8.43. The van der Waals surface area contributed by atoms with E-state index in [0.29, 0.717) is 11.3 Å². The fourth-order valence-corrected chi connectivity index (χ4v) is 6.72. The van der Waals surface area contributed by atoms with Crippen molar-refractivity contribution < 1.29 is 39.3 Å². The van der Waals surface area contributed by atoms with Crippen LogP contribution in [0, 0.1) is 23.7 Å². The second kappa shape index (κ2) is 8.62. The SMILES string of the molecule is C[C@H]1c2ccc(-c3ccccn3)c(O)c2C(=O)C2C(=O)[C@]3(O)C(=O)C(C(N)=O)C(=O)[C@@H](N(C)C)[C@@H]3[C@@H](O)[C@@H]21. The summed E-state index contributed by atoms with van der Waals surface area (Å²) in [4.78, 5) is 72.0. The normalized spacial score (nSPS) is 34.5. The zero-order valence-electron chi connectivity index (χ0n) is 20.9. The minimum Gasteiger partial charge on any atom is -0.506 e. The number of ketones is 4. The van der Waals surface area contributed by atoms with Gasteiger partial charge in [-0.1, -0.05) is 19.1 Å². The van der Waals surface area contributed by atoms with Crippen molar-refractivity contribution in [3.05, 3.63) is 47.7 Å². The van der Waals surface area contributed by atoms with Crippen LogP contribution in [0.25, 0.3) is 11.3 Å². The van der Waals surface area contributed by atoms with Crippen molar-refractivity contribution in [2.75, 3.05) is 14.1 Å². The number of carbonyl (C=O) groups excluding carboxylic acids is 5. The summed E-state index contributed by atoms with van der Waals surface area (Å²) in [5.74, 6) is -13.5. The van der Waals surface area contributed by atoms with Crippen molar-refractivity contribution in [3.63, 3.8) is 0 Å². The summed E-state index contributed by atoms with van der Waals surface area (Å²) in [6.45, 7) is 1.66. The van der Waals surface area contributed by atoms with Crippen LogP contribution < -0.4 is 5.73 Å². The van der Waals surface area contributed by atoms with Crippen LogP contribution in [0.15, 0.2) is 36.5 Å². The van der Waals surface area contributed by atoms with E-state index in [0.717, 1.165) is 0 Å². The first-order valence-corrected chi connectivity index (χ1v) is 12.2. The Morgan fingerprint density at radius 1 is 1.08 bits per heavy atom. The summed E-state index contributed by atoms with van der Waals surface area (Å²) in [5.41, 5.74) is 3.12. The lowest BCUT2D eigenvalue weighted by molar-refractivity contribution is -0.196. The van der Waals surface area contributed by atoms with Crippen LogP contribution in [0.5, 0.6) is 5.75 Å². The molecular weight excluding hydrogens is 494 g/mol. The predicted octanol–water partition coefficient (Wildman–Crippen LogP) is -0.539. The first-order valence-electron chi connectivity index (χ1n) is 12.2. The highest BCUT2D eigenvalue weighted by molar-refractivity contribution is 6.32. The molecule has 198 valence electrons. The Bertz CT molecular complexity index is 1410.